The number of rotatable bonds is 6. The third kappa shape index (κ3) is 4.26. The first kappa shape index (κ1) is 15.4. The Bertz CT molecular complexity index is 592. The predicted octanol–water partition coefficient (Wildman–Crippen LogP) is 3.16. The third-order valence-electron chi connectivity index (χ3n) is 2.78. The van der Waals surface area contributed by atoms with Gasteiger partial charge >= 0.3 is 6.01 Å². The van der Waals surface area contributed by atoms with E-state index < -0.39 is 0 Å². The minimum Gasteiger partial charge on any atom is -0.475 e. The molecule has 0 spiro atoms. The zero-order valence-electron chi connectivity index (χ0n) is 12.2. The average Bonchev–Trinajstić information content (AvgIpc) is 2.47. The number of pyridine rings is 1. The Kier molecular flexibility index (Phi) is 5.27. The van der Waals surface area contributed by atoms with Crippen molar-refractivity contribution < 1.29 is 9.47 Å². The van der Waals surface area contributed by atoms with Crippen LogP contribution in [0.3, 0.4) is 0 Å². The molecule has 0 aliphatic rings. The first-order valence-electron chi connectivity index (χ1n) is 6.71. The van der Waals surface area contributed by atoms with E-state index in [9.17, 15) is 0 Å². The molecule has 0 radical (unpaired) electrons. The van der Waals surface area contributed by atoms with E-state index in [2.05, 4.69) is 26.9 Å². The molecule has 2 heterocycles. The lowest BCUT2D eigenvalue weighted by atomic mass is 10.2. The molecule has 0 N–H and O–H groups in total. The molecule has 112 valence electrons. The van der Waals surface area contributed by atoms with Crippen LogP contribution < -0.4 is 9.47 Å². The van der Waals surface area contributed by atoms with E-state index in [0.717, 1.165) is 12.8 Å². The molecule has 0 bridgehead atoms. The fraction of sp³-hybridized carbons (Fsp3) is 0.429. The van der Waals surface area contributed by atoms with Crippen LogP contribution in [0, 0.1) is 0 Å². The Morgan fingerprint density at radius 2 is 2.05 bits per heavy atom. The molecule has 6 nitrogen and oxygen atoms in total. The van der Waals surface area contributed by atoms with Gasteiger partial charge in [-0.3, -0.25) is 0 Å². The Balaban J connectivity index is 2.17. The molecule has 1 atom stereocenters. The van der Waals surface area contributed by atoms with E-state index in [1.54, 1.807) is 12.3 Å². The highest BCUT2D eigenvalue weighted by Crippen LogP contribution is 2.20. The monoisotopic (exact) mass is 308 g/mol. The van der Waals surface area contributed by atoms with Gasteiger partial charge in [-0.2, -0.15) is 15.0 Å². The molecule has 21 heavy (non-hydrogen) atoms. The van der Waals surface area contributed by atoms with E-state index in [4.69, 9.17) is 21.1 Å². The van der Waals surface area contributed by atoms with Crippen LogP contribution in [0.5, 0.6) is 11.9 Å². The summed E-state index contributed by atoms with van der Waals surface area (Å²) in [4.78, 5) is 16.3. The van der Waals surface area contributed by atoms with Crippen molar-refractivity contribution in [2.75, 3.05) is 7.11 Å². The SMILES string of the molecule is CCCC(C)Oc1ccc(-c2nc(Cl)nc(OC)n2)cn1. The fourth-order valence-electron chi connectivity index (χ4n) is 1.81. The van der Waals surface area contributed by atoms with Gasteiger partial charge in [0.15, 0.2) is 5.82 Å². The van der Waals surface area contributed by atoms with E-state index in [0.29, 0.717) is 17.3 Å². The molecule has 0 aliphatic heterocycles. The number of nitrogens with zero attached hydrogens (tertiary/aromatic N) is 4. The van der Waals surface area contributed by atoms with Gasteiger partial charge in [-0.05, 0) is 31.0 Å². The molecule has 0 amide bonds. The highest BCUT2D eigenvalue weighted by Gasteiger charge is 2.09. The normalized spacial score (nSPS) is 12.0. The Hall–Kier alpha value is -1.95. The summed E-state index contributed by atoms with van der Waals surface area (Å²) in [6.45, 7) is 4.14. The van der Waals surface area contributed by atoms with E-state index in [1.165, 1.54) is 7.11 Å². The van der Waals surface area contributed by atoms with Crippen LogP contribution in [0.1, 0.15) is 26.7 Å². The van der Waals surface area contributed by atoms with Crippen molar-refractivity contribution in [1.82, 2.24) is 19.9 Å². The van der Waals surface area contributed by atoms with Crippen molar-refractivity contribution in [2.24, 2.45) is 0 Å². The van der Waals surface area contributed by atoms with Crippen LogP contribution in [-0.2, 0) is 0 Å². The van der Waals surface area contributed by atoms with Crippen molar-refractivity contribution in [1.29, 1.82) is 0 Å². The van der Waals surface area contributed by atoms with Gasteiger partial charge < -0.3 is 9.47 Å². The second-order valence-electron chi connectivity index (χ2n) is 4.52. The second kappa shape index (κ2) is 7.17. The van der Waals surface area contributed by atoms with E-state index in [1.807, 2.05) is 13.0 Å². The third-order valence-corrected chi connectivity index (χ3v) is 2.95. The molecular formula is C14H17ClN4O2. The number of aromatic nitrogens is 4. The quantitative estimate of drug-likeness (QED) is 0.816. The van der Waals surface area contributed by atoms with Crippen molar-refractivity contribution >= 4 is 11.6 Å². The number of methoxy groups -OCH3 is 1. The standard InChI is InChI=1S/C14H17ClN4O2/c1-4-5-9(2)21-11-7-6-10(8-16-11)12-17-13(15)19-14(18-12)20-3/h6-9H,4-5H2,1-3H3. The lowest BCUT2D eigenvalue weighted by molar-refractivity contribution is 0.201. The van der Waals surface area contributed by atoms with Gasteiger partial charge in [0.05, 0.1) is 13.2 Å². The smallest absolute Gasteiger partial charge is 0.321 e. The zero-order valence-corrected chi connectivity index (χ0v) is 13.0. The summed E-state index contributed by atoms with van der Waals surface area (Å²) in [5, 5.41) is 0.0775. The van der Waals surface area contributed by atoms with E-state index >= 15 is 0 Å². The topological polar surface area (TPSA) is 70.0 Å². The molecule has 0 saturated carbocycles. The summed E-state index contributed by atoms with van der Waals surface area (Å²) in [5.74, 6) is 0.985. The van der Waals surface area contributed by atoms with Crippen molar-refractivity contribution in [2.45, 2.75) is 32.8 Å². The van der Waals surface area contributed by atoms with Crippen molar-refractivity contribution in [3.8, 4) is 23.3 Å². The summed E-state index contributed by atoms with van der Waals surface area (Å²) >= 11 is 5.83. The van der Waals surface area contributed by atoms with Crippen molar-refractivity contribution in [3.05, 3.63) is 23.6 Å². The van der Waals surface area contributed by atoms with Gasteiger partial charge in [-0.25, -0.2) is 4.98 Å². The molecule has 0 fully saturated rings. The maximum absolute atomic E-state index is 5.83. The highest BCUT2D eigenvalue weighted by molar-refractivity contribution is 6.28. The molecule has 2 rings (SSSR count). The molecule has 0 aromatic carbocycles. The summed E-state index contributed by atoms with van der Waals surface area (Å²) in [7, 11) is 1.47. The van der Waals surface area contributed by atoms with Crippen LogP contribution in [0.15, 0.2) is 18.3 Å². The fourth-order valence-corrected chi connectivity index (χ4v) is 1.96. The summed E-state index contributed by atoms with van der Waals surface area (Å²) < 4.78 is 10.7. The minimum atomic E-state index is 0.0775. The number of halogens is 1. The van der Waals surface area contributed by atoms with Gasteiger partial charge in [0.1, 0.15) is 0 Å². The molecule has 2 aromatic heterocycles. The maximum atomic E-state index is 5.83. The highest BCUT2D eigenvalue weighted by atomic mass is 35.5. The average molecular weight is 309 g/mol. The summed E-state index contributed by atoms with van der Waals surface area (Å²) in [6, 6.07) is 3.78. The van der Waals surface area contributed by atoms with Crippen LogP contribution >= 0.6 is 11.6 Å². The van der Waals surface area contributed by atoms with Crippen LogP contribution in [0.25, 0.3) is 11.4 Å². The van der Waals surface area contributed by atoms with Gasteiger partial charge in [-0.1, -0.05) is 13.3 Å². The van der Waals surface area contributed by atoms with Gasteiger partial charge in [0, 0.05) is 17.8 Å². The number of hydrogen-bond acceptors (Lipinski definition) is 6. The summed E-state index contributed by atoms with van der Waals surface area (Å²) in [5.41, 5.74) is 0.716. The second-order valence-corrected chi connectivity index (χ2v) is 4.86. The molecule has 2 aromatic rings. The van der Waals surface area contributed by atoms with Crippen LogP contribution in [-0.4, -0.2) is 33.1 Å². The number of ether oxygens (including phenoxy) is 2. The lowest BCUT2D eigenvalue weighted by Gasteiger charge is -2.12. The van der Waals surface area contributed by atoms with Crippen molar-refractivity contribution in [3.63, 3.8) is 0 Å². The van der Waals surface area contributed by atoms with E-state index in [-0.39, 0.29) is 17.4 Å². The summed E-state index contributed by atoms with van der Waals surface area (Å²) in [6.07, 6.45) is 3.84. The Morgan fingerprint density at radius 1 is 1.24 bits per heavy atom. The lowest BCUT2D eigenvalue weighted by Crippen LogP contribution is -2.11. The predicted molar refractivity (Wildman–Crippen MR) is 79.6 cm³/mol. The molecule has 7 heteroatoms. The van der Waals surface area contributed by atoms with Crippen LogP contribution in [0.4, 0.5) is 0 Å². The molecule has 0 saturated heterocycles. The van der Waals surface area contributed by atoms with Crippen LogP contribution in [0.2, 0.25) is 5.28 Å². The van der Waals surface area contributed by atoms with Gasteiger partial charge in [0.2, 0.25) is 11.2 Å². The number of hydrogen-bond donors (Lipinski definition) is 0. The van der Waals surface area contributed by atoms with Gasteiger partial charge in [-0.15, -0.1) is 0 Å². The minimum absolute atomic E-state index is 0.0775. The maximum Gasteiger partial charge on any atom is 0.321 e. The zero-order chi connectivity index (χ0) is 15.2. The first-order chi connectivity index (χ1) is 10.1. The molecule has 0 aliphatic carbocycles. The largest absolute Gasteiger partial charge is 0.475 e. The Labute approximate surface area is 128 Å². The Morgan fingerprint density at radius 3 is 2.67 bits per heavy atom. The first-order valence-corrected chi connectivity index (χ1v) is 7.08. The molecule has 1 unspecified atom stereocenters. The molecular weight excluding hydrogens is 292 g/mol. The van der Waals surface area contributed by atoms with Gasteiger partial charge in [0.25, 0.3) is 0 Å².